The van der Waals surface area contributed by atoms with Crippen molar-refractivity contribution in [2.24, 2.45) is 0 Å². The zero-order valence-corrected chi connectivity index (χ0v) is 18.8. The maximum Gasteiger partial charge on any atom is 0.325 e. The Bertz CT molecular complexity index is 851. The highest BCUT2D eigenvalue weighted by Gasteiger charge is 2.54. The standard InChI is InChI=1S/C25H34N4O3/c30-22(19-7-3-1-4-8-19)28-17-13-25(14-18-28)23(31)29(24(32)26-25)21-11-15-27(16-12-21)20-9-5-2-6-10-20/h1,3-4,7-8,20-21H,2,5-6,9-18H2,(H,26,32). The summed E-state index contributed by atoms with van der Waals surface area (Å²) in [6.07, 6.45) is 9.26. The van der Waals surface area contributed by atoms with Crippen molar-refractivity contribution >= 4 is 17.8 Å². The number of nitrogens with zero attached hydrogens (tertiary/aromatic N) is 3. The first-order chi connectivity index (χ1) is 15.6. The molecule has 0 aromatic heterocycles. The molecular formula is C25H34N4O3. The summed E-state index contributed by atoms with van der Waals surface area (Å²) < 4.78 is 0. The highest BCUT2D eigenvalue weighted by Crippen LogP contribution is 2.34. The number of urea groups is 1. The lowest BCUT2D eigenvalue weighted by Gasteiger charge is -2.41. The molecule has 1 aromatic carbocycles. The van der Waals surface area contributed by atoms with Crippen LogP contribution in [-0.4, -0.2) is 76.3 Å². The third kappa shape index (κ3) is 3.91. The van der Waals surface area contributed by atoms with Gasteiger partial charge in [0.2, 0.25) is 0 Å². The van der Waals surface area contributed by atoms with Crippen LogP contribution in [0.15, 0.2) is 30.3 Å². The first-order valence-corrected chi connectivity index (χ1v) is 12.3. The lowest BCUT2D eigenvalue weighted by Crippen LogP contribution is -2.56. The smallest absolute Gasteiger partial charge is 0.325 e. The Kier molecular flexibility index (Phi) is 5.93. The van der Waals surface area contributed by atoms with Crippen LogP contribution in [-0.2, 0) is 4.79 Å². The van der Waals surface area contributed by atoms with Crippen molar-refractivity contribution in [3.63, 3.8) is 0 Å². The summed E-state index contributed by atoms with van der Waals surface area (Å²) in [7, 11) is 0. The van der Waals surface area contributed by atoms with E-state index in [1.165, 1.54) is 37.0 Å². The number of nitrogens with one attached hydrogen (secondary N) is 1. The van der Waals surface area contributed by atoms with Gasteiger partial charge in [0.15, 0.2) is 0 Å². The van der Waals surface area contributed by atoms with Gasteiger partial charge in [0.25, 0.3) is 11.8 Å². The monoisotopic (exact) mass is 438 g/mol. The molecule has 3 saturated heterocycles. The van der Waals surface area contributed by atoms with Crippen molar-refractivity contribution in [3.8, 4) is 0 Å². The number of piperidine rings is 2. The van der Waals surface area contributed by atoms with Crippen LogP contribution in [0.3, 0.4) is 0 Å². The molecule has 4 fully saturated rings. The van der Waals surface area contributed by atoms with Crippen LogP contribution in [0.2, 0.25) is 0 Å². The highest BCUT2D eigenvalue weighted by atomic mass is 16.2. The number of benzene rings is 1. The summed E-state index contributed by atoms with van der Waals surface area (Å²) >= 11 is 0. The fourth-order valence-electron chi connectivity index (χ4n) is 6.12. The van der Waals surface area contributed by atoms with Gasteiger partial charge in [0, 0.05) is 43.8 Å². The molecule has 0 radical (unpaired) electrons. The third-order valence-electron chi connectivity index (χ3n) is 8.07. The Labute approximate surface area is 190 Å². The number of hydrogen-bond acceptors (Lipinski definition) is 4. The van der Waals surface area contributed by atoms with Crippen LogP contribution >= 0.6 is 0 Å². The molecule has 1 N–H and O–H groups in total. The first kappa shape index (κ1) is 21.4. The van der Waals surface area contributed by atoms with E-state index in [2.05, 4.69) is 10.2 Å². The fourth-order valence-corrected chi connectivity index (χ4v) is 6.12. The molecule has 0 unspecified atom stereocenters. The molecule has 3 aliphatic heterocycles. The second-order valence-electron chi connectivity index (χ2n) is 9.90. The van der Waals surface area contributed by atoms with Crippen molar-refractivity contribution in [1.29, 1.82) is 0 Å². The molecule has 4 amide bonds. The summed E-state index contributed by atoms with van der Waals surface area (Å²) in [6.45, 7) is 2.90. The molecule has 1 aliphatic carbocycles. The van der Waals surface area contributed by atoms with E-state index in [9.17, 15) is 14.4 Å². The summed E-state index contributed by atoms with van der Waals surface area (Å²) in [5.74, 6) is -0.0883. The van der Waals surface area contributed by atoms with E-state index in [-0.39, 0.29) is 23.9 Å². The molecule has 7 nitrogen and oxygen atoms in total. The molecule has 4 aliphatic rings. The molecule has 0 atom stereocenters. The van der Waals surface area contributed by atoms with Crippen molar-refractivity contribution < 1.29 is 14.4 Å². The molecule has 32 heavy (non-hydrogen) atoms. The maximum absolute atomic E-state index is 13.4. The molecule has 7 heteroatoms. The Morgan fingerprint density at radius 2 is 1.50 bits per heavy atom. The minimum absolute atomic E-state index is 0.00861. The van der Waals surface area contributed by atoms with E-state index in [4.69, 9.17) is 0 Å². The Hall–Kier alpha value is -2.41. The van der Waals surface area contributed by atoms with Gasteiger partial charge in [-0.3, -0.25) is 14.5 Å². The van der Waals surface area contributed by atoms with Crippen LogP contribution in [0.5, 0.6) is 0 Å². The third-order valence-corrected chi connectivity index (χ3v) is 8.07. The Morgan fingerprint density at radius 1 is 0.844 bits per heavy atom. The lowest BCUT2D eigenvalue weighted by molar-refractivity contribution is -0.135. The van der Waals surface area contributed by atoms with Gasteiger partial charge in [0.1, 0.15) is 5.54 Å². The van der Waals surface area contributed by atoms with Gasteiger partial charge in [0.05, 0.1) is 0 Å². The number of rotatable bonds is 3. The molecular weight excluding hydrogens is 404 g/mol. The van der Waals surface area contributed by atoms with Crippen molar-refractivity contribution in [2.45, 2.75) is 75.4 Å². The topological polar surface area (TPSA) is 73.0 Å². The van der Waals surface area contributed by atoms with Gasteiger partial charge in [-0.25, -0.2) is 4.79 Å². The van der Waals surface area contributed by atoms with Crippen LogP contribution in [0, 0.1) is 0 Å². The quantitative estimate of drug-likeness (QED) is 0.737. The molecule has 1 spiro atoms. The molecule has 3 heterocycles. The van der Waals surface area contributed by atoms with Gasteiger partial charge in [-0.05, 0) is 50.7 Å². The van der Waals surface area contributed by atoms with E-state index in [1.807, 2.05) is 30.3 Å². The largest absolute Gasteiger partial charge is 0.338 e. The van der Waals surface area contributed by atoms with Crippen LogP contribution in [0.25, 0.3) is 0 Å². The average molecular weight is 439 g/mol. The van der Waals surface area contributed by atoms with E-state index >= 15 is 0 Å². The van der Waals surface area contributed by atoms with Crippen molar-refractivity contribution in [1.82, 2.24) is 20.0 Å². The first-order valence-electron chi connectivity index (χ1n) is 12.3. The number of likely N-dealkylation sites (tertiary alicyclic amines) is 2. The highest BCUT2D eigenvalue weighted by molar-refractivity contribution is 6.07. The number of carbonyl (C=O) groups excluding carboxylic acids is 3. The number of imide groups is 1. The normalized spacial score (nSPS) is 25.4. The average Bonchev–Trinajstić information content (AvgIpc) is 3.09. The van der Waals surface area contributed by atoms with E-state index in [0.717, 1.165) is 25.9 Å². The second kappa shape index (κ2) is 8.85. The molecule has 1 aromatic rings. The van der Waals surface area contributed by atoms with E-state index in [1.54, 1.807) is 4.90 Å². The molecule has 5 rings (SSSR count). The van der Waals surface area contributed by atoms with Gasteiger partial charge in [-0.15, -0.1) is 0 Å². The SMILES string of the molecule is O=C(c1ccccc1)N1CCC2(CC1)NC(=O)N(C1CCN(C3CCCCC3)CC1)C2=O. The minimum Gasteiger partial charge on any atom is -0.338 e. The fraction of sp³-hybridized carbons (Fsp3) is 0.640. The molecule has 172 valence electrons. The summed E-state index contributed by atoms with van der Waals surface area (Å²) in [5.41, 5.74) is -0.179. The van der Waals surface area contributed by atoms with E-state index < -0.39 is 5.54 Å². The Morgan fingerprint density at radius 3 is 2.16 bits per heavy atom. The van der Waals surface area contributed by atoms with Crippen molar-refractivity contribution in [3.05, 3.63) is 35.9 Å². The Balaban J connectivity index is 1.19. The molecule has 0 bridgehead atoms. The summed E-state index contributed by atoms with van der Waals surface area (Å²) in [5, 5.41) is 3.03. The van der Waals surface area contributed by atoms with Crippen LogP contribution in [0.1, 0.15) is 68.1 Å². The predicted molar refractivity (Wildman–Crippen MR) is 121 cm³/mol. The van der Waals surface area contributed by atoms with E-state index in [0.29, 0.717) is 37.5 Å². The van der Waals surface area contributed by atoms with Gasteiger partial charge in [-0.2, -0.15) is 0 Å². The summed E-state index contributed by atoms with van der Waals surface area (Å²) in [4.78, 5) is 45.0. The van der Waals surface area contributed by atoms with Crippen LogP contribution in [0.4, 0.5) is 4.79 Å². The number of hydrogen-bond donors (Lipinski definition) is 1. The predicted octanol–water partition coefficient (Wildman–Crippen LogP) is 3.01. The second-order valence-corrected chi connectivity index (χ2v) is 9.90. The zero-order valence-electron chi connectivity index (χ0n) is 18.8. The zero-order chi connectivity index (χ0) is 22.1. The summed E-state index contributed by atoms with van der Waals surface area (Å²) in [6, 6.07) is 9.68. The molecule has 1 saturated carbocycles. The lowest BCUT2D eigenvalue weighted by atomic mass is 9.86. The minimum atomic E-state index is -0.842. The maximum atomic E-state index is 13.4. The van der Waals surface area contributed by atoms with Gasteiger partial charge in [-0.1, -0.05) is 37.5 Å². The number of carbonyl (C=O) groups is 3. The van der Waals surface area contributed by atoms with Crippen LogP contribution < -0.4 is 5.32 Å². The van der Waals surface area contributed by atoms with Gasteiger partial charge < -0.3 is 15.1 Å². The number of amides is 4. The van der Waals surface area contributed by atoms with Crippen molar-refractivity contribution in [2.75, 3.05) is 26.2 Å². The van der Waals surface area contributed by atoms with Gasteiger partial charge >= 0.3 is 6.03 Å².